The molecule has 3 aromatic carbocycles. The highest BCUT2D eigenvalue weighted by Gasteiger charge is 2.31. The summed E-state index contributed by atoms with van der Waals surface area (Å²) in [5, 5.41) is 6.35. The Hall–Kier alpha value is -4.45. The number of nitrogens with one attached hydrogen (secondary N) is 2. The molecule has 2 saturated heterocycles. The third-order valence-corrected chi connectivity index (χ3v) is 10.6. The number of likely N-dealkylation sites (tertiary alicyclic amines) is 1. The van der Waals surface area contributed by atoms with E-state index in [1.54, 1.807) is 6.20 Å². The molecular formula is C38H43FN6O4. The van der Waals surface area contributed by atoms with E-state index >= 15 is 4.39 Å². The van der Waals surface area contributed by atoms with Gasteiger partial charge in [-0.15, -0.1) is 0 Å². The number of aromatic nitrogens is 1. The molecule has 0 radical (unpaired) electrons. The van der Waals surface area contributed by atoms with Crippen LogP contribution in [0.5, 0.6) is 17.2 Å². The van der Waals surface area contributed by atoms with Gasteiger partial charge in [-0.1, -0.05) is 24.3 Å². The summed E-state index contributed by atoms with van der Waals surface area (Å²) in [6.07, 6.45) is 5.48. The number of amides is 1. The van der Waals surface area contributed by atoms with Gasteiger partial charge in [0.1, 0.15) is 29.1 Å². The van der Waals surface area contributed by atoms with Gasteiger partial charge in [0.15, 0.2) is 17.3 Å². The van der Waals surface area contributed by atoms with Crippen LogP contribution in [0.25, 0.3) is 27.7 Å². The summed E-state index contributed by atoms with van der Waals surface area (Å²) in [7, 11) is 4.25. The number of nitrogens with zero attached hydrogens (tertiary/aromatic N) is 4. The molecule has 4 aliphatic rings. The van der Waals surface area contributed by atoms with Gasteiger partial charge in [-0.3, -0.25) is 9.59 Å². The predicted octanol–water partition coefficient (Wildman–Crippen LogP) is 5.06. The van der Waals surface area contributed by atoms with Gasteiger partial charge >= 0.3 is 0 Å². The van der Waals surface area contributed by atoms with E-state index in [9.17, 15) is 9.59 Å². The van der Waals surface area contributed by atoms with Crippen molar-refractivity contribution in [3.8, 4) is 34.1 Å². The predicted molar refractivity (Wildman–Crippen MR) is 189 cm³/mol. The number of pyridine rings is 1. The lowest BCUT2D eigenvalue weighted by molar-refractivity contribution is 0.0948. The van der Waals surface area contributed by atoms with E-state index in [1.165, 1.54) is 6.07 Å². The number of carbonyl (C=O) groups is 1. The largest absolute Gasteiger partial charge is 0.488 e. The Kier molecular flexibility index (Phi) is 8.51. The van der Waals surface area contributed by atoms with Gasteiger partial charge in [-0.2, -0.15) is 0 Å². The van der Waals surface area contributed by atoms with Crippen LogP contribution in [0.2, 0.25) is 0 Å². The number of hydrogen-bond acceptors (Lipinski definition) is 8. The van der Waals surface area contributed by atoms with Crippen molar-refractivity contribution in [3.63, 3.8) is 0 Å². The van der Waals surface area contributed by atoms with Crippen LogP contribution in [0.15, 0.2) is 53.5 Å². The van der Waals surface area contributed by atoms with Crippen LogP contribution < -0.4 is 25.5 Å². The molecule has 0 aliphatic carbocycles. The Balaban J connectivity index is 1.16. The number of fused-ring (bicyclic) bond motifs is 5. The minimum Gasteiger partial charge on any atom is -0.488 e. The molecule has 8 rings (SSSR count). The average molecular weight is 667 g/mol. The third-order valence-electron chi connectivity index (χ3n) is 10.6. The van der Waals surface area contributed by atoms with E-state index in [1.807, 2.05) is 34.9 Å². The summed E-state index contributed by atoms with van der Waals surface area (Å²) >= 11 is 0. The van der Waals surface area contributed by atoms with Gasteiger partial charge in [-0.25, -0.2) is 4.39 Å². The monoisotopic (exact) mass is 666 g/mol. The van der Waals surface area contributed by atoms with E-state index in [4.69, 9.17) is 9.47 Å². The first kappa shape index (κ1) is 31.8. The summed E-state index contributed by atoms with van der Waals surface area (Å²) in [6.45, 7) is 7.41. The van der Waals surface area contributed by atoms with E-state index in [0.717, 1.165) is 81.6 Å². The molecule has 49 heavy (non-hydrogen) atoms. The molecule has 4 aliphatic heterocycles. The topological polar surface area (TPSA) is 91.3 Å². The van der Waals surface area contributed by atoms with Crippen molar-refractivity contribution in [2.75, 3.05) is 71.8 Å². The van der Waals surface area contributed by atoms with Gasteiger partial charge in [0, 0.05) is 63.1 Å². The number of ether oxygens (including phenoxy) is 2. The van der Waals surface area contributed by atoms with Crippen LogP contribution in [0.3, 0.4) is 0 Å². The molecule has 2 fully saturated rings. The first-order valence-corrected chi connectivity index (χ1v) is 17.5. The normalized spacial score (nSPS) is 18.7. The highest BCUT2D eigenvalue weighted by molar-refractivity contribution is 6.01. The fourth-order valence-corrected chi connectivity index (χ4v) is 7.74. The van der Waals surface area contributed by atoms with Gasteiger partial charge in [-0.05, 0) is 76.1 Å². The second kappa shape index (κ2) is 13.1. The molecule has 5 heterocycles. The Morgan fingerprint density at radius 3 is 2.65 bits per heavy atom. The van der Waals surface area contributed by atoms with Crippen LogP contribution >= 0.6 is 0 Å². The zero-order valence-electron chi connectivity index (χ0n) is 28.2. The summed E-state index contributed by atoms with van der Waals surface area (Å²) in [4.78, 5) is 34.6. The highest BCUT2D eigenvalue weighted by atomic mass is 19.1. The zero-order valence-corrected chi connectivity index (χ0v) is 28.2. The van der Waals surface area contributed by atoms with Crippen molar-refractivity contribution in [3.05, 3.63) is 75.8 Å². The first-order chi connectivity index (χ1) is 23.9. The van der Waals surface area contributed by atoms with E-state index < -0.39 is 17.2 Å². The molecule has 1 amide bonds. The van der Waals surface area contributed by atoms with E-state index in [0.29, 0.717) is 48.4 Å². The van der Waals surface area contributed by atoms with Gasteiger partial charge in [0.2, 0.25) is 5.43 Å². The summed E-state index contributed by atoms with van der Waals surface area (Å²) in [5.41, 5.74) is 3.71. The molecule has 1 aromatic heterocycles. The fourth-order valence-electron chi connectivity index (χ4n) is 7.74. The minimum atomic E-state index is -0.595. The number of likely N-dealkylation sites (N-methyl/N-ethyl adjacent to an activating group) is 1. The van der Waals surface area contributed by atoms with Crippen LogP contribution in [-0.2, 0) is 6.61 Å². The number of rotatable bonds is 9. The molecule has 0 spiro atoms. The number of hydrogen-bond donors (Lipinski definition) is 2. The molecule has 11 heteroatoms. The highest BCUT2D eigenvalue weighted by Crippen LogP contribution is 2.49. The second-order valence-electron chi connectivity index (χ2n) is 13.8. The summed E-state index contributed by atoms with van der Waals surface area (Å²) < 4.78 is 30.5. The zero-order chi connectivity index (χ0) is 33.6. The second-order valence-corrected chi connectivity index (χ2v) is 13.8. The molecule has 1 atom stereocenters. The van der Waals surface area contributed by atoms with Crippen LogP contribution in [0.1, 0.15) is 41.6 Å². The number of halogens is 1. The Bertz CT molecular complexity index is 1990. The third kappa shape index (κ3) is 5.94. The Morgan fingerprint density at radius 2 is 1.84 bits per heavy atom. The maximum atomic E-state index is 16.0. The maximum absolute atomic E-state index is 16.0. The number of anilines is 1. The molecule has 256 valence electrons. The van der Waals surface area contributed by atoms with Crippen LogP contribution in [0, 0.1) is 5.82 Å². The summed E-state index contributed by atoms with van der Waals surface area (Å²) in [5.74, 6) is 0.278. The molecule has 0 saturated carbocycles. The molecule has 1 unspecified atom stereocenters. The lowest BCUT2D eigenvalue weighted by Crippen LogP contribution is -2.45. The molecular weight excluding hydrogens is 623 g/mol. The quantitative estimate of drug-likeness (QED) is 0.211. The van der Waals surface area contributed by atoms with Crippen molar-refractivity contribution in [1.82, 2.24) is 24.6 Å². The Labute approximate surface area is 285 Å². The molecule has 0 bridgehead atoms. The molecule has 4 aromatic rings. The average Bonchev–Trinajstić information content (AvgIpc) is 3.52. The fraction of sp³-hybridized carbons (Fsp3) is 0.421. The lowest BCUT2D eigenvalue weighted by Gasteiger charge is -2.32. The van der Waals surface area contributed by atoms with Crippen LogP contribution in [-0.4, -0.2) is 97.7 Å². The summed E-state index contributed by atoms with van der Waals surface area (Å²) in [6, 6.07) is 13.6. The smallest absolute Gasteiger partial charge is 0.256 e. The Morgan fingerprint density at radius 1 is 1.00 bits per heavy atom. The van der Waals surface area contributed by atoms with Gasteiger partial charge in [0.25, 0.3) is 5.91 Å². The van der Waals surface area contributed by atoms with Crippen LogP contribution in [0.4, 0.5) is 10.1 Å². The molecule has 2 N–H and O–H groups in total. The van der Waals surface area contributed by atoms with Crippen molar-refractivity contribution in [1.29, 1.82) is 0 Å². The van der Waals surface area contributed by atoms with Crippen molar-refractivity contribution in [2.24, 2.45) is 0 Å². The number of carbonyl (C=O) groups excluding carboxylic acids is 1. The minimum absolute atomic E-state index is 0.0374. The SMILES string of the molecule is CN1CCN(CCCNC(=O)c2cn3c4c(c(NCCC5CCCN5C)c(F)cc4c2=O)Oc2cc4c(cc2-3)-c2ccccc2CO4)CC1. The van der Waals surface area contributed by atoms with Gasteiger partial charge < -0.3 is 39.4 Å². The standard InChI is InChI=1S/C38H43FN6O4/c1-42-15-17-44(18-16-42)14-6-11-41-38(47)29-22-45-31-20-27-26-9-4-3-7-24(26)23-48-32(27)21-33(31)49-37-34(30(39)19-28(35(37)45)36(29)46)40-12-10-25-8-5-13-43(25)2/h3-4,7,9,19-22,25,40H,5-6,8,10-18,23H2,1-2H3,(H,41,47). The van der Waals surface area contributed by atoms with Crippen molar-refractivity contribution >= 4 is 22.5 Å². The van der Waals surface area contributed by atoms with Crippen molar-refractivity contribution in [2.45, 2.75) is 38.3 Å². The van der Waals surface area contributed by atoms with E-state index in [-0.39, 0.29) is 22.4 Å². The van der Waals surface area contributed by atoms with E-state index in [2.05, 4.69) is 45.5 Å². The lowest BCUT2D eigenvalue weighted by atomic mass is 9.95. The first-order valence-electron chi connectivity index (χ1n) is 17.5. The van der Waals surface area contributed by atoms with Gasteiger partial charge in [0.05, 0.1) is 11.1 Å². The number of piperazine rings is 1. The van der Waals surface area contributed by atoms with Crippen molar-refractivity contribution < 1.29 is 18.7 Å². The number of benzene rings is 3. The maximum Gasteiger partial charge on any atom is 0.256 e. The molecule has 10 nitrogen and oxygen atoms in total.